The van der Waals surface area contributed by atoms with Gasteiger partial charge < -0.3 is 0 Å². The molecule has 1 radical (unpaired) electrons. The first kappa shape index (κ1) is 10.3. The van der Waals surface area contributed by atoms with Gasteiger partial charge in [-0.2, -0.15) is 0 Å². The maximum Gasteiger partial charge on any atom is 0.123 e. The molecule has 0 aliphatic carbocycles. The van der Waals surface area contributed by atoms with Crippen LogP contribution in [0.2, 0.25) is 0 Å². The molecule has 71 valence electrons. The lowest BCUT2D eigenvalue weighted by atomic mass is 9.96. The average Bonchev–Trinajstić information content (AvgIpc) is 2.04. The van der Waals surface area contributed by atoms with E-state index in [9.17, 15) is 5.11 Å². The molecule has 1 nitrogen and oxygen atoms in total. The van der Waals surface area contributed by atoms with Gasteiger partial charge >= 0.3 is 0 Å². The summed E-state index contributed by atoms with van der Waals surface area (Å²) in [7, 11) is 0. The van der Waals surface area contributed by atoms with E-state index in [1.165, 1.54) is 5.56 Å². The molecule has 0 spiro atoms. The summed E-state index contributed by atoms with van der Waals surface area (Å²) in [5, 5.41) is 11.6. The molecule has 1 heteroatoms. The van der Waals surface area contributed by atoms with E-state index in [0.717, 1.165) is 18.4 Å². The van der Waals surface area contributed by atoms with Crippen LogP contribution in [-0.2, 0) is 17.1 Å². The first-order chi connectivity index (χ1) is 6.04. The van der Waals surface area contributed by atoms with Gasteiger partial charge in [0, 0.05) is 0 Å². The maximum atomic E-state index is 11.6. The molecule has 0 N–H and O–H groups in total. The molecule has 0 aromatic heterocycles. The molecular formula is C12H17O. The molecule has 0 unspecified atom stereocenters. The van der Waals surface area contributed by atoms with Crippen LogP contribution in [0.25, 0.3) is 0 Å². The van der Waals surface area contributed by atoms with Crippen LogP contribution in [0.4, 0.5) is 0 Å². The van der Waals surface area contributed by atoms with Crippen molar-refractivity contribution < 1.29 is 5.11 Å². The number of rotatable bonds is 3. The van der Waals surface area contributed by atoms with Crippen molar-refractivity contribution >= 4 is 0 Å². The molecule has 0 saturated heterocycles. The number of hydrogen-bond donors (Lipinski definition) is 0. The second-order valence-corrected chi connectivity index (χ2v) is 3.96. The smallest absolute Gasteiger partial charge is 0.123 e. The van der Waals surface area contributed by atoms with Crippen LogP contribution >= 0.6 is 0 Å². The summed E-state index contributed by atoms with van der Waals surface area (Å²) in [6.07, 6.45) is 2.25. The van der Waals surface area contributed by atoms with Gasteiger partial charge in [0.1, 0.15) is 5.60 Å². The molecule has 1 aromatic rings. The molecule has 0 aliphatic rings. The van der Waals surface area contributed by atoms with Crippen LogP contribution < -0.4 is 0 Å². The van der Waals surface area contributed by atoms with Gasteiger partial charge in [0.15, 0.2) is 0 Å². The molecule has 0 aliphatic heterocycles. The minimum absolute atomic E-state index is 0.868. The molecule has 1 aromatic carbocycles. The van der Waals surface area contributed by atoms with Gasteiger partial charge in [-0.1, -0.05) is 37.6 Å². The Kier molecular flexibility index (Phi) is 3.10. The van der Waals surface area contributed by atoms with Gasteiger partial charge in [0.25, 0.3) is 0 Å². The Balaban J connectivity index is 2.81. The monoisotopic (exact) mass is 177 g/mol. The normalized spacial score (nSPS) is 11.7. The summed E-state index contributed by atoms with van der Waals surface area (Å²) < 4.78 is 0. The predicted molar refractivity (Wildman–Crippen MR) is 54.1 cm³/mol. The molecule has 0 atom stereocenters. The van der Waals surface area contributed by atoms with Crippen LogP contribution in [0.15, 0.2) is 24.3 Å². The van der Waals surface area contributed by atoms with Gasteiger partial charge in [-0.05, 0) is 31.4 Å². The lowest BCUT2D eigenvalue weighted by Gasteiger charge is -2.14. The van der Waals surface area contributed by atoms with Crippen molar-refractivity contribution in [2.24, 2.45) is 0 Å². The maximum absolute atomic E-state index is 11.6. The molecule has 0 bridgehead atoms. The Morgan fingerprint density at radius 1 is 1.15 bits per heavy atom. The van der Waals surface area contributed by atoms with Gasteiger partial charge in [0.05, 0.1) is 0 Å². The molecule has 0 amide bonds. The van der Waals surface area contributed by atoms with Crippen molar-refractivity contribution in [2.45, 2.75) is 39.2 Å². The first-order valence-electron chi connectivity index (χ1n) is 4.84. The summed E-state index contributed by atoms with van der Waals surface area (Å²) in [6, 6.07) is 7.99. The molecule has 0 heterocycles. The van der Waals surface area contributed by atoms with Crippen LogP contribution in [0.5, 0.6) is 0 Å². The fourth-order valence-corrected chi connectivity index (χ4v) is 1.36. The summed E-state index contributed by atoms with van der Waals surface area (Å²) in [6.45, 7) is 5.55. The van der Waals surface area contributed by atoms with Gasteiger partial charge in [0.2, 0.25) is 0 Å². The largest absolute Gasteiger partial charge is 0.225 e. The molecule has 0 saturated carbocycles. The summed E-state index contributed by atoms with van der Waals surface area (Å²) >= 11 is 0. The van der Waals surface area contributed by atoms with E-state index < -0.39 is 5.60 Å². The SMILES string of the molecule is CCCc1ccc(C(C)(C)[O])cc1. The van der Waals surface area contributed by atoms with Crippen LogP contribution in [0.3, 0.4) is 0 Å². The van der Waals surface area contributed by atoms with E-state index in [2.05, 4.69) is 19.1 Å². The Labute approximate surface area is 80.4 Å². The molecule has 0 fully saturated rings. The minimum atomic E-state index is -0.968. The summed E-state index contributed by atoms with van der Waals surface area (Å²) in [4.78, 5) is 0. The van der Waals surface area contributed by atoms with E-state index in [1.807, 2.05) is 12.1 Å². The summed E-state index contributed by atoms with van der Waals surface area (Å²) in [5.41, 5.74) is 1.22. The van der Waals surface area contributed by atoms with Crippen LogP contribution in [0.1, 0.15) is 38.3 Å². The van der Waals surface area contributed by atoms with Crippen molar-refractivity contribution in [1.82, 2.24) is 0 Å². The highest BCUT2D eigenvalue weighted by Gasteiger charge is 2.17. The zero-order valence-electron chi connectivity index (χ0n) is 8.63. The van der Waals surface area contributed by atoms with Gasteiger partial charge in [-0.15, -0.1) is 0 Å². The quantitative estimate of drug-likeness (QED) is 0.675. The Hall–Kier alpha value is -0.820. The second-order valence-electron chi connectivity index (χ2n) is 3.96. The molecular weight excluding hydrogens is 160 g/mol. The van der Waals surface area contributed by atoms with Crippen molar-refractivity contribution in [3.63, 3.8) is 0 Å². The highest BCUT2D eigenvalue weighted by Crippen LogP contribution is 2.20. The fraction of sp³-hybridized carbons (Fsp3) is 0.500. The Bertz CT molecular complexity index is 253. The van der Waals surface area contributed by atoms with Gasteiger partial charge in [-0.3, -0.25) is 0 Å². The van der Waals surface area contributed by atoms with Crippen molar-refractivity contribution in [3.05, 3.63) is 35.4 Å². The van der Waals surface area contributed by atoms with Crippen molar-refractivity contribution in [3.8, 4) is 0 Å². The average molecular weight is 177 g/mol. The van der Waals surface area contributed by atoms with E-state index in [1.54, 1.807) is 13.8 Å². The zero-order valence-corrected chi connectivity index (χ0v) is 8.63. The third kappa shape index (κ3) is 2.85. The van der Waals surface area contributed by atoms with Crippen LogP contribution in [-0.4, -0.2) is 0 Å². The third-order valence-corrected chi connectivity index (χ3v) is 2.19. The van der Waals surface area contributed by atoms with E-state index in [4.69, 9.17) is 0 Å². The van der Waals surface area contributed by atoms with Crippen molar-refractivity contribution in [1.29, 1.82) is 0 Å². The first-order valence-corrected chi connectivity index (χ1v) is 4.84. The topological polar surface area (TPSA) is 19.9 Å². The van der Waals surface area contributed by atoms with Gasteiger partial charge in [-0.25, -0.2) is 5.11 Å². The van der Waals surface area contributed by atoms with E-state index in [0.29, 0.717) is 0 Å². The highest BCUT2D eigenvalue weighted by molar-refractivity contribution is 5.26. The molecule has 13 heavy (non-hydrogen) atoms. The lowest BCUT2D eigenvalue weighted by molar-refractivity contribution is -0.000109. The van der Waals surface area contributed by atoms with Crippen molar-refractivity contribution in [2.75, 3.05) is 0 Å². The standard InChI is InChI=1S/C12H17O/c1-4-5-10-6-8-11(9-7-10)12(2,3)13/h6-9H,4-5H2,1-3H3. The van der Waals surface area contributed by atoms with Crippen LogP contribution in [0, 0.1) is 0 Å². The predicted octanol–water partition coefficient (Wildman–Crippen LogP) is 3.30. The third-order valence-electron chi connectivity index (χ3n) is 2.19. The Morgan fingerprint density at radius 3 is 2.08 bits per heavy atom. The van der Waals surface area contributed by atoms with E-state index in [-0.39, 0.29) is 0 Å². The minimum Gasteiger partial charge on any atom is -0.225 e. The zero-order chi connectivity index (χ0) is 9.90. The second kappa shape index (κ2) is 3.93. The number of aryl methyl sites for hydroxylation is 1. The summed E-state index contributed by atoms with van der Waals surface area (Å²) in [5.74, 6) is 0. The number of hydrogen-bond acceptors (Lipinski definition) is 0. The molecule has 1 rings (SSSR count). The van der Waals surface area contributed by atoms with E-state index >= 15 is 0 Å². The number of benzene rings is 1. The highest BCUT2D eigenvalue weighted by atomic mass is 16.3. The Morgan fingerprint density at radius 2 is 1.69 bits per heavy atom. The lowest BCUT2D eigenvalue weighted by Crippen LogP contribution is -2.13. The fourth-order valence-electron chi connectivity index (χ4n) is 1.36.